The van der Waals surface area contributed by atoms with Crippen molar-refractivity contribution in [3.05, 3.63) is 0 Å². The van der Waals surface area contributed by atoms with Crippen LogP contribution < -0.4 is 0 Å². The van der Waals surface area contributed by atoms with Crippen molar-refractivity contribution in [1.82, 2.24) is 14.7 Å². The molecule has 19 heavy (non-hydrogen) atoms. The van der Waals surface area contributed by atoms with Crippen molar-refractivity contribution in [2.24, 2.45) is 0 Å². The predicted molar refractivity (Wildman–Crippen MR) is 80.5 cm³/mol. The van der Waals surface area contributed by atoms with Crippen molar-refractivity contribution in [2.75, 3.05) is 39.8 Å². The SMILES string of the molecule is CCC1CN2CCCCC2CN1C1CCCN(C)C1. The van der Waals surface area contributed by atoms with Crippen molar-refractivity contribution in [2.45, 2.75) is 63.6 Å². The number of fused-ring (bicyclic) bond motifs is 1. The highest BCUT2D eigenvalue weighted by Crippen LogP contribution is 2.28. The molecule has 3 aliphatic rings. The third-order valence-electron chi connectivity index (χ3n) is 5.62. The second kappa shape index (κ2) is 6.11. The molecule has 0 aromatic carbocycles. The number of hydrogen-bond acceptors (Lipinski definition) is 3. The van der Waals surface area contributed by atoms with E-state index in [0.717, 1.165) is 18.1 Å². The number of piperazine rings is 1. The van der Waals surface area contributed by atoms with Crippen molar-refractivity contribution in [3.63, 3.8) is 0 Å². The number of piperidine rings is 2. The predicted octanol–water partition coefficient (Wildman–Crippen LogP) is 2.03. The average Bonchev–Trinajstić information content (AvgIpc) is 2.46. The lowest BCUT2D eigenvalue weighted by Gasteiger charge is -2.52. The van der Waals surface area contributed by atoms with Crippen molar-refractivity contribution in [3.8, 4) is 0 Å². The van der Waals surface area contributed by atoms with Gasteiger partial charge in [0.1, 0.15) is 0 Å². The molecule has 0 bridgehead atoms. The lowest BCUT2D eigenvalue weighted by molar-refractivity contribution is -0.0302. The molecule has 0 aromatic rings. The monoisotopic (exact) mass is 265 g/mol. The maximum Gasteiger partial charge on any atom is 0.0227 e. The maximum atomic E-state index is 2.89. The smallest absolute Gasteiger partial charge is 0.0227 e. The Morgan fingerprint density at radius 3 is 2.53 bits per heavy atom. The number of hydrogen-bond donors (Lipinski definition) is 0. The van der Waals surface area contributed by atoms with Gasteiger partial charge in [0.2, 0.25) is 0 Å². The van der Waals surface area contributed by atoms with Gasteiger partial charge < -0.3 is 4.90 Å². The van der Waals surface area contributed by atoms with Crippen molar-refractivity contribution in [1.29, 1.82) is 0 Å². The van der Waals surface area contributed by atoms with Crippen molar-refractivity contribution >= 4 is 0 Å². The van der Waals surface area contributed by atoms with Gasteiger partial charge in [-0.05, 0) is 52.2 Å². The molecule has 0 radical (unpaired) electrons. The molecule has 3 rings (SSSR count). The van der Waals surface area contributed by atoms with E-state index in [0.29, 0.717) is 0 Å². The molecule has 3 heterocycles. The summed E-state index contributed by atoms with van der Waals surface area (Å²) in [7, 11) is 2.30. The van der Waals surface area contributed by atoms with Gasteiger partial charge in [0, 0.05) is 37.8 Å². The zero-order chi connectivity index (χ0) is 13.2. The molecule has 0 aliphatic carbocycles. The largest absolute Gasteiger partial charge is 0.305 e. The summed E-state index contributed by atoms with van der Waals surface area (Å²) in [4.78, 5) is 8.22. The van der Waals surface area contributed by atoms with Gasteiger partial charge in [-0.3, -0.25) is 9.80 Å². The Hall–Kier alpha value is -0.120. The highest BCUT2D eigenvalue weighted by atomic mass is 15.3. The number of nitrogens with zero attached hydrogens (tertiary/aromatic N) is 3. The Kier molecular flexibility index (Phi) is 4.45. The Balaban J connectivity index is 1.68. The molecule has 3 saturated heterocycles. The molecule has 3 atom stereocenters. The molecule has 0 saturated carbocycles. The molecule has 0 amide bonds. The molecule has 0 aromatic heterocycles. The number of likely N-dealkylation sites (tertiary alicyclic amines) is 1. The van der Waals surface area contributed by atoms with Crippen LogP contribution in [0.15, 0.2) is 0 Å². The first-order chi connectivity index (χ1) is 9.28. The van der Waals surface area contributed by atoms with Crippen LogP contribution in [0.1, 0.15) is 45.4 Å². The molecular weight excluding hydrogens is 234 g/mol. The van der Waals surface area contributed by atoms with E-state index < -0.39 is 0 Å². The average molecular weight is 265 g/mol. The topological polar surface area (TPSA) is 9.72 Å². The van der Waals surface area contributed by atoms with Crippen LogP contribution in [0, 0.1) is 0 Å². The van der Waals surface area contributed by atoms with Gasteiger partial charge in [0.05, 0.1) is 0 Å². The maximum absolute atomic E-state index is 2.89. The Labute approximate surface area is 118 Å². The van der Waals surface area contributed by atoms with E-state index in [1.165, 1.54) is 71.2 Å². The lowest BCUT2D eigenvalue weighted by Crippen LogP contribution is -2.63. The van der Waals surface area contributed by atoms with Gasteiger partial charge in [-0.15, -0.1) is 0 Å². The number of likely N-dealkylation sites (N-methyl/N-ethyl adjacent to an activating group) is 1. The van der Waals surface area contributed by atoms with Gasteiger partial charge in [0.25, 0.3) is 0 Å². The molecule has 3 heteroatoms. The highest BCUT2D eigenvalue weighted by molar-refractivity contribution is 4.94. The van der Waals surface area contributed by atoms with Crippen LogP contribution in [0.5, 0.6) is 0 Å². The molecule has 3 unspecified atom stereocenters. The molecule has 0 spiro atoms. The first kappa shape index (κ1) is 13.8. The summed E-state index contributed by atoms with van der Waals surface area (Å²) < 4.78 is 0. The van der Waals surface area contributed by atoms with Gasteiger partial charge in [-0.2, -0.15) is 0 Å². The minimum absolute atomic E-state index is 0.811. The van der Waals surface area contributed by atoms with Crippen LogP contribution in [0.4, 0.5) is 0 Å². The Morgan fingerprint density at radius 1 is 0.895 bits per heavy atom. The highest BCUT2D eigenvalue weighted by Gasteiger charge is 2.37. The van der Waals surface area contributed by atoms with Crippen LogP contribution >= 0.6 is 0 Å². The summed E-state index contributed by atoms with van der Waals surface area (Å²) in [6.45, 7) is 9.02. The first-order valence-corrected chi connectivity index (χ1v) is 8.46. The second-order valence-corrected chi connectivity index (χ2v) is 6.96. The Morgan fingerprint density at radius 2 is 1.74 bits per heavy atom. The van der Waals surface area contributed by atoms with E-state index in [9.17, 15) is 0 Å². The van der Waals surface area contributed by atoms with E-state index in [2.05, 4.69) is 28.7 Å². The third kappa shape index (κ3) is 2.98. The van der Waals surface area contributed by atoms with E-state index in [1.807, 2.05) is 0 Å². The quantitative estimate of drug-likeness (QED) is 0.756. The molecule has 3 nitrogen and oxygen atoms in total. The standard InChI is InChI=1S/C16H31N3/c1-3-14-12-18-10-5-4-7-15(18)13-19(14)16-8-6-9-17(2)11-16/h14-16H,3-13H2,1-2H3. The lowest BCUT2D eigenvalue weighted by atomic mass is 9.92. The normalized spacial score (nSPS) is 39.2. The molecular formula is C16H31N3. The van der Waals surface area contributed by atoms with Crippen molar-refractivity contribution < 1.29 is 0 Å². The van der Waals surface area contributed by atoms with E-state index in [1.54, 1.807) is 0 Å². The zero-order valence-corrected chi connectivity index (χ0v) is 12.9. The third-order valence-corrected chi connectivity index (χ3v) is 5.62. The number of rotatable bonds is 2. The van der Waals surface area contributed by atoms with E-state index in [-0.39, 0.29) is 0 Å². The van der Waals surface area contributed by atoms with Gasteiger partial charge in [-0.25, -0.2) is 0 Å². The molecule has 110 valence electrons. The Bertz CT molecular complexity index is 294. The van der Waals surface area contributed by atoms with Gasteiger partial charge in [-0.1, -0.05) is 13.3 Å². The van der Waals surface area contributed by atoms with Crippen LogP contribution in [0.25, 0.3) is 0 Å². The van der Waals surface area contributed by atoms with Crippen LogP contribution in [-0.4, -0.2) is 72.6 Å². The fourth-order valence-electron chi connectivity index (χ4n) is 4.50. The molecule has 3 aliphatic heterocycles. The van der Waals surface area contributed by atoms with E-state index in [4.69, 9.17) is 0 Å². The van der Waals surface area contributed by atoms with Crippen LogP contribution in [0.2, 0.25) is 0 Å². The fraction of sp³-hybridized carbons (Fsp3) is 1.00. The van der Waals surface area contributed by atoms with Crippen LogP contribution in [-0.2, 0) is 0 Å². The zero-order valence-electron chi connectivity index (χ0n) is 12.9. The second-order valence-electron chi connectivity index (χ2n) is 6.96. The summed E-state index contributed by atoms with van der Waals surface area (Å²) in [5.74, 6) is 0. The van der Waals surface area contributed by atoms with Gasteiger partial charge in [0.15, 0.2) is 0 Å². The summed E-state index contributed by atoms with van der Waals surface area (Å²) in [5, 5.41) is 0. The van der Waals surface area contributed by atoms with Crippen LogP contribution in [0.3, 0.4) is 0 Å². The summed E-state index contributed by atoms with van der Waals surface area (Å²) in [5.41, 5.74) is 0. The fourth-order valence-corrected chi connectivity index (χ4v) is 4.50. The molecule has 0 N–H and O–H groups in total. The summed E-state index contributed by atoms with van der Waals surface area (Å²) >= 11 is 0. The summed E-state index contributed by atoms with van der Waals surface area (Å²) in [6, 6.07) is 2.50. The van der Waals surface area contributed by atoms with E-state index >= 15 is 0 Å². The minimum Gasteiger partial charge on any atom is -0.305 e. The summed E-state index contributed by atoms with van der Waals surface area (Å²) in [6.07, 6.45) is 8.46. The van der Waals surface area contributed by atoms with Gasteiger partial charge >= 0.3 is 0 Å². The molecule has 3 fully saturated rings. The first-order valence-electron chi connectivity index (χ1n) is 8.46. The minimum atomic E-state index is 0.811.